The molecule has 0 atom stereocenters. The molecule has 0 unspecified atom stereocenters. The first kappa shape index (κ1) is 7.70. The van der Waals surface area contributed by atoms with E-state index in [0.717, 1.165) is 11.1 Å². The summed E-state index contributed by atoms with van der Waals surface area (Å²) in [6, 6.07) is 8.12. The third-order valence-corrected chi connectivity index (χ3v) is 4.06. The van der Waals surface area contributed by atoms with Gasteiger partial charge in [-0.15, -0.1) is 0 Å². The van der Waals surface area contributed by atoms with E-state index in [2.05, 4.69) is 16.0 Å². The molecule has 0 bridgehead atoms. The quantitative estimate of drug-likeness (QED) is 0.467. The molecular weight excluding hydrogens is 192 g/mol. The van der Waals surface area contributed by atoms with Crippen LogP contribution in [0.5, 0.6) is 11.6 Å². The average Bonchev–Trinajstić information content (AvgIpc) is 2.26. The fourth-order valence-electron chi connectivity index (χ4n) is 1.59. The Bertz CT molecular complexity index is 400. The Morgan fingerprint density at radius 2 is 1.93 bits per heavy atom. The van der Waals surface area contributed by atoms with Crippen molar-refractivity contribution in [2.45, 2.75) is 0 Å². The maximum absolute atomic E-state index is 5.64. The summed E-state index contributed by atoms with van der Waals surface area (Å²) in [5, 5.41) is 2.35. The van der Waals surface area contributed by atoms with Gasteiger partial charge in [0.15, 0.2) is 0 Å². The van der Waals surface area contributed by atoms with Gasteiger partial charge in [0.1, 0.15) is 15.3 Å². The molecule has 0 fully saturated rings. The van der Waals surface area contributed by atoms with Crippen LogP contribution in [0.3, 0.4) is 0 Å². The normalized spacial score (nSPS) is 14.3. The van der Waals surface area contributed by atoms with Gasteiger partial charge < -0.3 is 4.74 Å². The number of nitrogens with zero attached hydrogens (tertiary/aromatic N) is 2. The molecule has 0 radical (unpaired) electrons. The Labute approximate surface area is 83.6 Å². The van der Waals surface area contributed by atoms with E-state index >= 15 is 0 Å². The van der Waals surface area contributed by atoms with Crippen molar-refractivity contribution in [1.29, 1.82) is 0 Å². The van der Waals surface area contributed by atoms with E-state index in [9.17, 15) is 0 Å². The van der Waals surface area contributed by atoms with Gasteiger partial charge in [-0.1, -0.05) is 18.2 Å². The summed E-state index contributed by atoms with van der Waals surface area (Å²) in [6.45, 7) is 0. The highest BCUT2D eigenvalue weighted by molar-refractivity contribution is 6.68. The first-order valence-corrected chi connectivity index (χ1v) is 5.90. The lowest BCUT2D eigenvalue weighted by Gasteiger charge is -2.16. The van der Waals surface area contributed by atoms with Crippen molar-refractivity contribution in [3.63, 3.8) is 0 Å². The van der Waals surface area contributed by atoms with E-state index < -0.39 is 9.52 Å². The molecule has 0 saturated carbocycles. The minimum Gasteiger partial charge on any atom is -0.438 e. The van der Waals surface area contributed by atoms with Crippen LogP contribution in [-0.4, -0.2) is 19.5 Å². The van der Waals surface area contributed by atoms with Crippen molar-refractivity contribution in [2.24, 2.45) is 0 Å². The molecule has 1 aliphatic heterocycles. The molecule has 68 valence electrons. The predicted octanol–water partition coefficient (Wildman–Crippen LogP) is -0.298. The van der Waals surface area contributed by atoms with Gasteiger partial charge in [-0.3, -0.25) is 4.98 Å². The third kappa shape index (κ3) is 1.12. The summed E-state index contributed by atoms with van der Waals surface area (Å²) in [5.41, 5.74) is 0. The Morgan fingerprint density at radius 3 is 2.93 bits per heavy atom. The highest BCUT2D eigenvalue weighted by Gasteiger charge is 2.17. The fraction of sp³-hybridized carbons (Fsp3) is 0. The van der Waals surface area contributed by atoms with Crippen molar-refractivity contribution in [1.82, 2.24) is 9.97 Å². The number of aromatic nitrogens is 2. The zero-order valence-electron chi connectivity index (χ0n) is 7.47. The van der Waals surface area contributed by atoms with Crippen LogP contribution in [0.2, 0.25) is 0 Å². The number of rotatable bonds is 0. The average molecular weight is 200 g/mol. The first-order valence-electron chi connectivity index (χ1n) is 4.49. The molecule has 0 N–H and O–H groups in total. The monoisotopic (exact) mass is 200 g/mol. The highest BCUT2D eigenvalue weighted by atomic mass is 28.2. The number of fused-ring (bicyclic) bond motifs is 2. The van der Waals surface area contributed by atoms with Gasteiger partial charge in [-0.25, -0.2) is 4.98 Å². The Hall–Kier alpha value is -1.68. The van der Waals surface area contributed by atoms with Gasteiger partial charge in [-0.05, 0) is 11.3 Å². The molecule has 3 nitrogen and oxygen atoms in total. The largest absolute Gasteiger partial charge is 0.438 e. The van der Waals surface area contributed by atoms with Crippen molar-refractivity contribution >= 4 is 20.0 Å². The number of ether oxygens (including phenoxy) is 1. The lowest BCUT2D eigenvalue weighted by atomic mass is 10.3. The van der Waals surface area contributed by atoms with Crippen LogP contribution in [0, 0.1) is 0 Å². The molecule has 0 spiro atoms. The first-order chi connectivity index (χ1) is 6.93. The molecule has 2 heterocycles. The summed E-state index contributed by atoms with van der Waals surface area (Å²) in [5.74, 6) is 1.64. The molecular formula is C10H8N2OSi. The van der Waals surface area contributed by atoms with Crippen LogP contribution >= 0.6 is 0 Å². The molecule has 1 aromatic heterocycles. The second kappa shape index (κ2) is 2.92. The lowest BCUT2D eigenvalue weighted by molar-refractivity contribution is 0.466. The summed E-state index contributed by atoms with van der Waals surface area (Å²) in [4.78, 5) is 8.46. The van der Waals surface area contributed by atoms with Gasteiger partial charge in [0.05, 0.1) is 5.32 Å². The molecule has 0 amide bonds. The zero-order valence-corrected chi connectivity index (χ0v) is 8.89. The topological polar surface area (TPSA) is 35.0 Å². The molecule has 4 heteroatoms. The smallest absolute Gasteiger partial charge is 0.236 e. The second-order valence-corrected chi connectivity index (χ2v) is 4.98. The van der Waals surface area contributed by atoms with E-state index in [0.29, 0.717) is 5.88 Å². The summed E-state index contributed by atoms with van der Waals surface area (Å²) in [7, 11) is -0.493. The van der Waals surface area contributed by atoms with Crippen LogP contribution in [0.1, 0.15) is 0 Å². The lowest BCUT2D eigenvalue weighted by Crippen LogP contribution is -2.36. The van der Waals surface area contributed by atoms with E-state index in [-0.39, 0.29) is 0 Å². The van der Waals surface area contributed by atoms with Crippen molar-refractivity contribution in [2.75, 3.05) is 0 Å². The van der Waals surface area contributed by atoms with Crippen molar-refractivity contribution in [3.05, 3.63) is 36.7 Å². The van der Waals surface area contributed by atoms with Crippen LogP contribution in [0.25, 0.3) is 0 Å². The Kier molecular flexibility index (Phi) is 1.60. The number of hydrogen-bond donors (Lipinski definition) is 0. The fourth-order valence-corrected chi connectivity index (χ4v) is 3.08. The van der Waals surface area contributed by atoms with Crippen LogP contribution in [-0.2, 0) is 0 Å². The van der Waals surface area contributed by atoms with Gasteiger partial charge in [-0.2, -0.15) is 0 Å². The third-order valence-electron chi connectivity index (χ3n) is 2.27. The molecule has 14 heavy (non-hydrogen) atoms. The van der Waals surface area contributed by atoms with Gasteiger partial charge in [0, 0.05) is 12.4 Å². The van der Waals surface area contributed by atoms with E-state index in [4.69, 9.17) is 4.74 Å². The predicted molar refractivity (Wildman–Crippen MR) is 56.4 cm³/mol. The second-order valence-electron chi connectivity index (χ2n) is 3.19. The maximum atomic E-state index is 5.64. The number of para-hydroxylation sites is 1. The van der Waals surface area contributed by atoms with E-state index in [1.54, 1.807) is 12.4 Å². The molecule has 2 aromatic rings. The molecule has 0 saturated heterocycles. The van der Waals surface area contributed by atoms with Gasteiger partial charge in [0.2, 0.25) is 5.88 Å². The standard InChI is InChI=1S/C10H8N2OSi/c1-2-4-8-7(3-1)13-9-10(14-8)12-6-5-11-9/h1-6H,14H2. The number of benzene rings is 1. The maximum Gasteiger partial charge on any atom is 0.236 e. The van der Waals surface area contributed by atoms with Crippen LogP contribution < -0.4 is 15.2 Å². The van der Waals surface area contributed by atoms with Gasteiger partial charge >= 0.3 is 0 Å². The summed E-state index contributed by atoms with van der Waals surface area (Å²) >= 11 is 0. The van der Waals surface area contributed by atoms with E-state index in [1.807, 2.05) is 18.2 Å². The minimum atomic E-state index is -0.493. The molecule has 1 aliphatic rings. The summed E-state index contributed by atoms with van der Waals surface area (Å²) in [6.07, 6.45) is 3.39. The molecule has 0 aliphatic carbocycles. The van der Waals surface area contributed by atoms with Crippen LogP contribution in [0.4, 0.5) is 0 Å². The van der Waals surface area contributed by atoms with Crippen LogP contribution in [0.15, 0.2) is 36.7 Å². The SMILES string of the molecule is c1ccc2c(c1)Oc1nccnc1[SiH2]2. The van der Waals surface area contributed by atoms with E-state index in [1.165, 1.54) is 5.19 Å². The highest BCUT2D eigenvalue weighted by Crippen LogP contribution is 2.17. The minimum absolute atomic E-state index is 0.493. The molecule has 3 rings (SSSR count). The Morgan fingerprint density at radius 1 is 1.07 bits per heavy atom. The van der Waals surface area contributed by atoms with Crippen molar-refractivity contribution < 1.29 is 4.74 Å². The number of hydrogen-bond acceptors (Lipinski definition) is 3. The van der Waals surface area contributed by atoms with Gasteiger partial charge in [0.25, 0.3) is 0 Å². The van der Waals surface area contributed by atoms with Crippen molar-refractivity contribution in [3.8, 4) is 11.6 Å². The molecule has 1 aromatic carbocycles. The zero-order chi connectivity index (χ0) is 9.38. The Balaban J connectivity index is 2.12. The summed E-state index contributed by atoms with van der Waals surface area (Å²) < 4.78 is 5.64.